The van der Waals surface area contributed by atoms with Gasteiger partial charge in [0, 0.05) is 37.3 Å². The van der Waals surface area contributed by atoms with Crippen LogP contribution in [-0.4, -0.2) is 59.1 Å². The molecule has 150 valence electrons. The van der Waals surface area contributed by atoms with Gasteiger partial charge in [-0.25, -0.2) is 0 Å². The number of benzene rings is 2. The maximum absolute atomic E-state index is 12.7. The Labute approximate surface area is 169 Å². The lowest BCUT2D eigenvalue weighted by Crippen LogP contribution is -2.49. The molecule has 1 amide bonds. The normalized spacial score (nSPS) is 15.9. The van der Waals surface area contributed by atoms with Crippen LogP contribution in [0.4, 0.5) is 0 Å². The van der Waals surface area contributed by atoms with Crippen molar-refractivity contribution in [3.8, 4) is 17.1 Å². The van der Waals surface area contributed by atoms with E-state index in [4.69, 9.17) is 9.26 Å². The van der Waals surface area contributed by atoms with Gasteiger partial charge < -0.3 is 14.2 Å². The van der Waals surface area contributed by atoms with E-state index in [1.54, 1.807) is 19.2 Å². The molecule has 0 bridgehead atoms. The highest BCUT2D eigenvalue weighted by Crippen LogP contribution is 2.24. The Hall–Kier alpha value is -3.19. The topological polar surface area (TPSA) is 71.7 Å². The largest absolute Gasteiger partial charge is 0.497 e. The second-order valence-corrected chi connectivity index (χ2v) is 7.05. The van der Waals surface area contributed by atoms with E-state index < -0.39 is 0 Å². The molecule has 1 saturated heterocycles. The maximum Gasteiger partial charge on any atom is 0.253 e. The van der Waals surface area contributed by atoms with Crippen LogP contribution in [0.2, 0.25) is 0 Å². The third-order valence-electron chi connectivity index (χ3n) is 5.32. The molecule has 0 aliphatic carbocycles. The van der Waals surface area contributed by atoms with Gasteiger partial charge in [-0.15, -0.1) is 0 Å². The lowest BCUT2D eigenvalue weighted by molar-refractivity contribution is 0.0551. The summed E-state index contributed by atoms with van der Waals surface area (Å²) in [7, 11) is 1.61. The molecule has 2 aromatic carbocycles. The Kier molecular flexibility index (Phi) is 5.57. The van der Waals surface area contributed by atoms with Crippen molar-refractivity contribution >= 4 is 5.91 Å². The first-order valence-electron chi connectivity index (χ1n) is 9.72. The van der Waals surface area contributed by atoms with E-state index in [9.17, 15) is 4.79 Å². The minimum Gasteiger partial charge on any atom is -0.497 e. The van der Waals surface area contributed by atoms with Crippen molar-refractivity contribution in [1.82, 2.24) is 19.9 Å². The van der Waals surface area contributed by atoms with E-state index in [1.807, 2.05) is 47.4 Å². The predicted molar refractivity (Wildman–Crippen MR) is 109 cm³/mol. The van der Waals surface area contributed by atoms with Crippen molar-refractivity contribution in [2.45, 2.75) is 13.0 Å². The van der Waals surface area contributed by atoms with E-state index in [0.717, 1.165) is 24.4 Å². The molecule has 1 fully saturated rings. The first kappa shape index (κ1) is 19.1. The van der Waals surface area contributed by atoms with Crippen molar-refractivity contribution in [3.05, 3.63) is 66.1 Å². The van der Waals surface area contributed by atoms with Crippen molar-refractivity contribution in [1.29, 1.82) is 0 Å². The third-order valence-corrected chi connectivity index (χ3v) is 5.32. The van der Waals surface area contributed by atoms with Gasteiger partial charge in [0.05, 0.1) is 13.2 Å². The van der Waals surface area contributed by atoms with Crippen LogP contribution in [0.15, 0.2) is 59.1 Å². The minimum atomic E-state index is -0.00167. The molecule has 0 spiro atoms. The Balaban J connectivity index is 1.36. The average Bonchev–Trinajstić information content (AvgIpc) is 3.29. The molecule has 29 heavy (non-hydrogen) atoms. The van der Waals surface area contributed by atoms with Crippen molar-refractivity contribution in [2.75, 3.05) is 33.3 Å². The van der Waals surface area contributed by atoms with Gasteiger partial charge in [0.1, 0.15) is 5.75 Å². The van der Waals surface area contributed by atoms with Gasteiger partial charge in [0.2, 0.25) is 11.7 Å². The van der Waals surface area contributed by atoms with Crippen LogP contribution in [0.5, 0.6) is 5.75 Å². The average molecular weight is 392 g/mol. The number of carbonyl (C=O) groups is 1. The van der Waals surface area contributed by atoms with E-state index >= 15 is 0 Å². The van der Waals surface area contributed by atoms with Crippen LogP contribution in [0, 0.1) is 0 Å². The lowest BCUT2D eigenvalue weighted by Gasteiger charge is -2.36. The second kappa shape index (κ2) is 8.45. The number of piperazine rings is 1. The fraction of sp³-hybridized carbons (Fsp3) is 0.318. The zero-order valence-corrected chi connectivity index (χ0v) is 16.6. The van der Waals surface area contributed by atoms with Crippen molar-refractivity contribution in [3.63, 3.8) is 0 Å². The number of aromatic nitrogens is 2. The summed E-state index contributed by atoms with van der Waals surface area (Å²) >= 11 is 0. The van der Waals surface area contributed by atoms with Gasteiger partial charge in [-0.05, 0) is 31.2 Å². The molecular formula is C22H24N4O3. The Morgan fingerprint density at radius 3 is 2.38 bits per heavy atom. The molecule has 7 nitrogen and oxygen atoms in total. The van der Waals surface area contributed by atoms with Gasteiger partial charge in [-0.3, -0.25) is 9.69 Å². The van der Waals surface area contributed by atoms with Crippen molar-refractivity contribution < 1.29 is 14.1 Å². The Bertz CT molecular complexity index is 948. The number of amides is 1. The number of hydrogen-bond acceptors (Lipinski definition) is 6. The minimum absolute atomic E-state index is 0.00167. The predicted octanol–water partition coefficient (Wildman–Crippen LogP) is 3.26. The highest BCUT2D eigenvalue weighted by Gasteiger charge is 2.28. The van der Waals surface area contributed by atoms with Crippen LogP contribution >= 0.6 is 0 Å². The van der Waals surface area contributed by atoms with Crippen LogP contribution in [-0.2, 0) is 0 Å². The van der Waals surface area contributed by atoms with Gasteiger partial charge in [-0.2, -0.15) is 4.98 Å². The van der Waals surface area contributed by atoms with Crippen LogP contribution in [0.1, 0.15) is 29.2 Å². The molecule has 0 radical (unpaired) electrons. The summed E-state index contributed by atoms with van der Waals surface area (Å²) in [5.74, 6) is 1.98. The molecule has 7 heteroatoms. The summed E-state index contributed by atoms with van der Waals surface area (Å²) < 4.78 is 10.7. The number of nitrogens with zero attached hydrogens (tertiary/aromatic N) is 4. The molecule has 1 aliphatic heterocycles. The first-order valence-corrected chi connectivity index (χ1v) is 9.72. The van der Waals surface area contributed by atoms with Gasteiger partial charge in [0.15, 0.2) is 0 Å². The zero-order valence-electron chi connectivity index (χ0n) is 16.6. The lowest BCUT2D eigenvalue weighted by atomic mass is 10.1. The summed E-state index contributed by atoms with van der Waals surface area (Å²) in [5, 5.41) is 4.11. The van der Waals surface area contributed by atoms with E-state index in [0.29, 0.717) is 30.4 Å². The molecule has 1 unspecified atom stereocenters. The molecular weight excluding hydrogens is 368 g/mol. The Morgan fingerprint density at radius 2 is 1.72 bits per heavy atom. The fourth-order valence-electron chi connectivity index (χ4n) is 3.49. The first-order chi connectivity index (χ1) is 14.2. The molecule has 0 N–H and O–H groups in total. The zero-order chi connectivity index (χ0) is 20.2. The van der Waals surface area contributed by atoms with Gasteiger partial charge >= 0.3 is 0 Å². The molecule has 4 rings (SSSR count). The van der Waals surface area contributed by atoms with E-state index in [-0.39, 0.29) is 11.9 Å². The molecule has 2 heterocycles. The number of methoxy groups -OCH3 is 1. The van der Waals surface area contributed by atoms with Gasteiger partial charge in [0.25, 0.3) is 5.91 Å². The highest BCUT2D eigenvalue weighted by atomic mass is 16.5. The molecule has 1 aliphatic rings. The molecule has 1 aromatic heterocycles. The monoisotopic (exact) mass is 392 g/mol. The molecule has 3 aromatic rings. The summed E-state index contributed by atoms with van der Waals surface area (Å²) in [5.41, 5.74) is 1.61. The van der Waals surface area contributed by atoms with Crippen LogP contribution in [0.3, 0.4) is 0 Å². The quantitative estimate of drug-likeness (QED) is 0.664. The summed E-state index contributed by atoms with van der Waals surface area (Å²) in [4.78, 5) is 21.4. The standard InChI is InChI=1S/C22H24N4O3/c1-16(21-23-20(24-29-21)17-6-4-3-5-7-17)25-12-14-26(15-13-25)22(27)18-8-10-19(28-2)11-9-18/h3-11,16H,12-15H2,1-2H3. The van der Waals surface area contributed by atoms with Gasteiger partial charge in [-0.1, -0.05) is 35.5 Å². The van der Waals surface area contributed by atoms with Crippen LogP contribution < -0.4 is 4.74 Å². The summed E-state index contributed by atoms with van der Waals surface area (Å²) in [6, 6.07) is 17.0. The SMILES string of the molecule is COc1ccc(C(=O)N2CCN(C(C)c3nc(-c4ccccc4)no3)CC2)cc1. The Morgan fingerprint density at radius 1 is 1.03 bits per heavy atom. The molecule has 1 atom stereocenters. The fourth-order valence-corrected chi connectivity index (χ4v) is 3.49. The summed E-state index contributed by atoms with van der Waals surface area (Å²) in [6.45, 7) is 4.89. The highest BCUT2D eigenvalue weighted by molar-refractivity contribution is 5.94. The number of rotatable bonds is 5. The van der Waals surface area contributed by atoms with Crippen LogP contribution in [0.25, 0.3) is 11.4 Å². The number of carbonyl (C=O) groups excluding carboxylic acids is 1. The maximum atomic E-state index is 12.7. The van der Waals surface area contributed by atoms with E-state index in [2.05, 4.69) is 22.0 Å². The smallest absolute Gasteiger partial charge is 0.253 e. The number of ether oxygens (including phenoxy) is 1. The molecule has 0 saturated carbocycles. The van der Waals surface area contributed by atoms with E-state index in [1.165, 1.54) is 0 Å². The third kappa shape index (κ3) is 4.14. The van der Waals surface area contributed by atoms with Crippen molar-refractivity contribution in [2.24, 2.45) is 0 Å². The summed E-state index contributed by atoms with van der Waals surface area (Å²) in [6.07, 6.45) is 0. The number of hydrogen-bond donors (Lipinski definition) is 0. The second-order valence-electron chi connectivity index (χ2n) is 7.05.